The Kier molecular flexibility index (Phi) is 3.86. The number of nitrogens with two attached hydrogens (primary N) is 1. The lowest BCUT2D eigenvalue weighted by Crippen LogP contribution is -2.03. The van der Waals surface area contributed by atoms with E-state index in [1.54, 1.807) is 0 Å². The van der Waals surface area contributed by atoms with E-state index in [1.807, 2.05) is 25.1 Å². The van der Waals surface area contributed by atoms with Crippen molar-refractivity contribution in [1.82, 2.24) is 9.97 Å². The first-order valence-electron chi connectivity index (χ1n) is 5.33. The average molecular weight is 315 g/mol. The molecule has 0 radical (unpaired) electrons. The molecule has 2 aromatic rings. The van der Waals surface area contributed by atoms with Crippen molar-refractivity contribution in [3.8, 4) is 11.3 Å². The van der Waals surface area contributed by atoms with Gasteiger partial charge in [0.05, 0.1) is 0 Å². The molecule has 0 fully saturated rings. The van der Waals surface area contributed by atoms with E-state index in [0.717, 1.165) is 27.1 Å². The lowest BCUT2D eigenvalue weighted by atomic mass is 10.1. The molecule has 17 heavy (non-hydrogen) atoms. The predicted molar refractivity (Wildman–Crippen MR) is 74.2 cm³/mol. The van der Waals surface area contributed by atoms with E-state index in [2.05, 4.69) is 25.9 Å². The van der Waals surface area contributed by atoms with E-state index >= 15 is 0 Å². The Balaban J connectivity index is 2.48. The molecule has 1 heterocycles. The fraction of sp³-hybridized carbons (Fsp3) is 0.250. The van der Waals surface area contributed by atoms with Crippen LogP contribution in [0.15, 0.2) is 22.7 Å². The van der Waals surface area contributed by atoms with Gasteiger partial charge >= 0.3 is 0 Å². The summed E-state index contributed by atoms with van der Waals surface area (Å²) < 4.78 is 1.01. The number of halogens is 2. The van der Waals surface area contributed by atoms with Gasteiger partial charge in [0.2, 0.25) is 0 Å². The molecule has 2 rings (SSSR count). The molecule has 0 saturated heterocycles. The maximum absolute atomic E-state index is 6.17. The molecule has 0 bridgehead atoms. The van der Waals surface area contributed by atoms with Crippen LogP contribution in [0.25, 0.3) is 11.3 Å². The van der Waals surface area contributed by atoms with Crippen molar-refractivity contribution in [3.63, 3.8) is 0 Å². The van der Waals surface area contributed by atoms with Gasteiger partial charge in [0.25, 0.3) is 0 Å². The van der Waals surface area contributed by atoms with Gasteiger partial charge in [-0.05, 0) is 31.2 Å². The number of aromatic amines is 1. The van der Waals surface area contributed by atoms with Crippen LogP contribution in [0.5, 0.6) is 0 Å². The number of aromatic nitrogens is 2. The predicted octanol–water partition coefficient (Wildman–Crippen LogP) is 3.30. The molecule has 0 aliphatic heterocycles. The van der Waals surface area contributed by atoms with Gasteiger partial charge < -0.3 is 10.7 Å². The summed E-state index contributed by atoms with van der Waals surface area (Å²) in [4.78, 5) is 7.53. The second-order valence-corrected chi connectivity index (χ2v) is 5.14. The Morgan fingerprint density at radius 1 is 1.47 bits per heavy atom. The quantitative estimate of drug-likeness (QED) is 0.913. The molecule has 5 heteroatoms. The maximum Gasteiger partial charge on any atom is 0.134 e. The first-order valence-corrected chi connectivity index (χ1v) is 6.50. The van der Waals surface area contributed by atoms with Gasteiger partial charge in [-0.3, -0.25) is 0 Å². The zero-order chi connectivity index (χ0) is 12.4. The van der Waals surface area contributed by atoms with Crippen LogP contribution in [0.4, 0.5) is 0 Å². The number of hydrogen-bond acceptors (Lipinski definition) is 2. The molecule has 0 amide bonds. The summed E-state index contributed by atoms with van der Waals surface area (Å²) in [6.45, 7) is 2.59. The van der Waals surface area contributed by atoms with Crippen LogP contribution in [-0.4, -0.2) is 16.5 Å². The highest BCUT2D eigenvalue weighted by atomic mass is 79.9. The third-order valence-corrected chi connectivity index (χ3v) is 3.31. The molecule has 0 saturated carbocycles. The highest BCUT2D eigenvalue weighted by Crippen LogP contribution is 2.30. The van der Waals surface area contributed by atoms with Crippen molar-refractivity contribution in [2.24, 2.45) is 5.73 Å². The van der Waals surface area contributed by atoms with Crippen LogP contribution >= 0.6 is 27.5 Å². The van der Waals surface area contributed by atoms with Gasteiger partial charge in [-0.2, -0.15) is 0 Å². The van der Waals surface area contributed by atoms with Gasteiger partial charge in [-0.25, -0.2) is 4.98 Å². The van der Waals surface area contributed by atoms with E-state index < -0.39 is 0 Å². The number of aryl methyl sites for hydroxylation is 1. The molecular weight excluding hydrogens is 302 g/mol. The van der Waals surface area contributed by atoms with Crippen molar-refractivity contribution in [1.29, 1.82) is 0 Å². The molecule has 1 aromatic carbocycles. The van der Waals surface area contributed by atoms with Gasteiger partial charge in [0.1, 0.15) is 16.7 Å². The standard InChI is InChI=1S/C12H13BrClN3/c1-7-2-3-8(13)6-9(7)11-12(14)17-10(16-11)4-5-15/h2-3,6H,4-5,15H2,1H3,(H,16,17). The van der Waals surface area contributed by atoms with E-state index in [9.17, 15) is 0 Å². The summed E-state index contributed by atoms with van der Waals surface area (Å²) >= 11 is 9.62. The summed E-state index contributed by atoms with van der Waals surface area (Å²) in [7, 11) is 0. The van der Waals surface area contributed by atoms with Crippen LogP contribution in [0.1, 0.15) is 11.4 Å². The van der Waals surface area contributed by atoms with Gasteiger partial charge in [-0.1, -0.05) is 33.6 Å². The van der Waals surface area contributed by atoms with Crippen molar-refractivity contribution in [2.45, 2.75) is 13.3 Å². The first kappa shape index (κ1) is 12.6. The fourth-order valence-corrected chi connectivity index (χ4v) is 2.30. The highest BCUT2D eigenvalue weighted by molar-refractivity contribution is 9.10. The lowest BCUT2D eigenvalue weighted by Gasteiger charge is -2.03. The molecule has 90 valence electrons. The summed E-state index contributed by atoms with van der Waals surface area (Å²) in [6, 6.07) is 6.05. The van der Waals surface area contributed by atoms with E-state index in [4.69, 9.17) is 17.3 Å². The number of benzene rings is 1. The van der Waals surface area contributed by atoms with Crippen LogP contribution in [0.3, 0.4) is 0 Å². The number of rotatable bonds is 3. The second-order valence-electron chi connectivity index (χ2n) is 3.84. The molecule has 1 aromatic heterocycles. The molecule has 0 aliphatic carbocycles. The van der Waals surface area contributed by atoms with Gasteiger partial charge in [0, 0.05) is 16.5 Å². The molecule has 3 N–H and O–H groups in total. The third kappa shape index (κ3) is 2.70. The lowest BCUT2D eigenvalue weighted by molar-refractivity contribution is 0.895. The monoisotopic (exact) mass is 313 g/mol. The summed E-state index contributed by atoms with van der Waals surface area (Å²) in [6.07, 6.45) is 0.701. The Hall–Kier alpha value is -0.840. The Bertz CT molecular complexity index is 537. The van der Waals surface area contributed by atoms with Crippen LogP contribution in [0.2, 0.25) is 5.15 Å². The normalized spacial score (nSPS) is 10.8. The number of H-pyrrole nitrogens is 1. The topological polar surface area (TPSA) is 54.7 Å². The summed E-state index contributed by atoms with van der Waals surface area (Å²) in [5, 5.41) is 0.564. The molecule has 0 unspecified atom stereocenters. The minimum Gasteiger partial charge on any atom is -0.332 e. The number of nitrogens with one attached hydrogen (secondary N) is 1. The first-order chi connectivity index (χ1) is 8.11. The summed E-state index contributed by atoms with van der Waals surface area (Å²) in [5.74, 6) is 0.826. The Morgan fingerprint density at radius 2 is 2.24 bits per heavy atom. The Morgan fingerprint density at radius 3 is 2.94 bits per heavy atom. The summed E-state index contributed by atoms with van der Waals surface area (Å²) in [5.41, 5.74) is 8.46. The van der Waals surface area contributed by atoms with Crippen molar-refractivity contribution >= 4 is 27.5 Å². The van der Waals surface area contributed by atoms with Crippen LogP contribution in [0, 0.1) is 6.92 Å². The van der Waals surface area contributed by atoms with E-state index in [1.165, 1.54) is 0 Å². The SMILES string of the molecule is Cc1ccc(Br)cc1-c1nc(CCN)[nH]c1Cl. The molecule has 0 atom stereocenters. The minimum atomic E-state index is 0.556. The number of imidazole rings is 1. The largest absolute Gasteiger partial charge is 0.332 e. The third-order valence-electron chi connectivity index (χ3n) is 2.54. The molecule has 3 nitrogen and oxygen atoms in total. The van der Waals surface area contributed by atoms with Crippen LogP contribution < -0.4 is 5.73 Å². The zero-order valence-electron chi connectivity index (χ0n) is 9.43. The van der Waals surface area contributed by atoms with Crippen molar-refractivity contribution in [2.75, 3.05) is 6.54 Å². The zero-order valence-corrected chi connectivity index (χ0v) is 11.8. The second kappa shape index (κ2) is 5.21. The maximum atomic E-state index is 6.17. The van der Waals surface area contributed by atoms with E-state index in [-0.39, 0.29) is 0 Å². The Labute approximate surface area is 114 Å². The minimum absolute atomic E-state index is 0.556. The number of hydrogen-bond donors (Lipinski definition) is 2. The van der Waals surface area contributed by atoms with E-state index in [0.29, 0.717) is 18.1 Å². The average Bonchev–Trinajstić information content (AvgIpc) is 2.64. The van der Waals surface area contributed by atoms with Gasteiger partial charge in [0.15, 0.2) is 0 Å². The van der Waals surface area contributed by atoms with Crippen LogP contribution in [-0.2, 0) is 6.42 Å². The molecular formula is C12H13BrClN3. The number of nitrogens with zero attached hydrogens (tertiary/aromatic N) is 1. The fourth-order valence-electron chi connectivity index (χ4n) is 1.68. The molecule has 0 aliphatic rings. The molecule has 0 spiro atoms. The van der Waals surface area contributed by atoms with Crippen molar-refractivity contribution in [3.05, 3.63) is 39.2 Å². The smallest absolute Gasteiger partial charge is 0.134 e. The van der Waals surface area contributed by atoms with Gasteiger partial charge in [-0.15, -0.1) is 0 Å². The highest BCUT2D eigenvalue weighted by Gasteiger charge is 2.12. The van der Waals surface area contributed by atoms with Crippen molar-refractivity contribution < 1.29 is 0 Å².